The van der Waals surface area contributed by atoms with E-state index in [9.17, 15) is 0 Å². The molecule has 0 aliphatic rings. The van der Waals surface area contributed by atoms with Crippen LogP contribution in [0.4, 0.5) is 0 Å². The summed E-state index contributed by atoms with van der Waals surface area (Å²) in [6, 6.07) is 2.20. The minimum Gasteiger partial charge on any atom is -0.330 e. The van der Waals surface area contributed by atoms with Crippen molar-refractivity contribution >= 4 is 27.3 Å². The van der Waals surface area contributed by atoms with Gasteiger partial charge in [-0.15, -0.1) is 11.3 Å². The average Bonchev–Trinajstić information content (AvgIpc) is 2.45. The molecule has 12 heavy (non-hydrogen) atoms. The number of aryl methyl sites for hydroxylation is 1. The summed E-state index contributed by atoms with van der Waals surface area (Å²) in [5, 5.41) is 2.14. The third-order valence-electron chi connectivity index (χ3n) is 1.75. The molecule has 0 saturated carbocycles. The molecule has 1 rings (SSSR count). The van der Waals surface area contributed by atoms with E-state index in [-0.39, 0.29) is 0 Å². The van der Waals surface area contributed by atoms with E-state index in [4.69, 9.17) is 5.73 Å². The zero-order chi connectivity index (χ0) is 8.81. The van der Waals surface area contributed by atoms with E-state index < -0.39 is 0 Å². The van der Waals surface area contributed by atoms with Crippen molar-refractivity contribution in [2.45, 2.75) is 25.7 Å². The summed E-state index contributed by atoms with van der Waals surface area (Å²) in [5.41, 5.74) is 5.41. The van der Waals surface area contributed by atoms with E-state index >= 15 is 0 Å². The maximum Gasteiger partial charge on any atom is 0.0285 e. The van der Waals surface area contributed by atoms with Gasteiger partial charge in [0.05, 0.1) is 0 Å². The van der Waals surface area contributed by atoms with Gasteiger partial charge in [-0.3, -0.25) is 0 Å². The van der Waals surface area contributed by atoms with Gasteiger partial charge in [0.25, 0.3) is 0 Å². The van der Waals surface area contributed by atoms with Crippen LogP contribution in [-0.4, -0.2) is 6.54 Å². The number of nitrogens with two attached hydrogens (primary N) is 1. The molecular weight excluding hydrogens is 234 g/mol. The summed E-state index contributed by atoms with van der Waals surface area (Å²) in [4.78, 5) is 1.47. The van der Waals surface area contributed by atoms with Gasteiger partial charge in [-0.2, -0.15) is 0 Å². The molecule has 1 aromatic rings. The van der Waals surface area contributed by atoms with Gasteiger partial charge in [0, 0.05) is 14.7 Å². The standard InChI is InChI=1S/C9H14BrNS/c10-8-6-9(12-7-8)4-2-1-3-5-11/h6-7H,1-5,11H2. The Labute approximate surface area is 86.1 Å². The highest BCUT2D eigenvalue weighted by Gasteiger charge is 1.96. The molecule has 0 amide bonds. The monoisotopic (exact) mass is 247 g/mol. The van der Waals surface area contributed by atoms with Crippen molar-refractivity contribution < 1.29 is 0 Å². The fourth-order valence-electron chi connectivity index (χ4n) is 1.11. The highest BCUT2D eigenvalue weighted by atomic mass is 79.9. The Kier molecular flexibility index (Phi) is 4.88. The first-order valence-electron chi connectivity index (χ1n) is 4.26. The van der Waals surface area contributed by atoms with Gasteiger partial charge < -0.3 is 5.73 Å². The SMILES string of the molecule is NCCCCCc1cc(Br)cs1. The number of halogens is 1. The third kappa shape index (κ3) is 3.70. The van der Waals surface area contributed by atoms with Crippen molar-refractivity contribution in [3.05, 3.63) is 20.8 Å². The molecule has 2 N–H and O–H groups in total. The fraction of sp³-hybridized carbons (Fsp3) is 0.556. The highest BCUT2D eigenvalue weighted by molar-refractivity contribution is 9.10. The second kappa shape index (κ2) is 5.73. The van der Waals surface area contributed by atoms with Crippen LogP contribution in [-0.2, 0) is 6.42 Å². The first-order valence-corrected chi connectivity index (χ1v) is 5.93. The zero-order valence-corrected chi connectivity index (χ0v) is 9.46. The van der Waals surface area contributed by atoms with Gasteiger partial charge in [0.1, 0.15) is 0 Å². The van der Waals surface area contributed by atoms with Crippen LogP contribution in [0.15, 0.2) is 15.9 Å². The summed E-state index contributed by atoms with van der Waals surface area (Å²) in [7, 11) is 0. The van der Waals surface area contributed by atoms with Crippen LogP contribution in [0, 0.1) is 0 Å². The fourth-order valence-corrected chi connectivity index (χ4v) is 2.60. The highest BCUT2D eigenvalue weighted by Crippen LogP contribution is 2.21. The van der Waals surface area contributed by atoms with Gasteiger partial charge in [0.15, 0.2) is 0 Å². The molecule has 0 aliphatic heterocycles. The normalized spacial score (nSPS) is 10.5. The van der Waals surface area contributed by atoms with Gasteiger partial charge in [-0.05, 0) is 47.8 Å². The quantitative estimate of drug-likeness (QED) is 0.796. The Hall–Kier alpha value is 0.140. The van der Waals surface area contributed by atoms with Crippen molar-refractivity contribution in [3.8, 4) is 0 Å². The predicted octanol–water partition coefficient (Wildman–Crippen LogP) is 3.18. The third-order valence-corrected chi connectivity index (χ3v) is 3.51. The maximum absolute atomic E-state index is 5.41. The smallest absolute Gasteiger partial charge is 0.0285 e. The number of hydrogen-bond donors (Lipinski definition) is 1. The Morgan fingerprint density at radius 2 is 2.17 bits per heavy atom. The lowest BCUT2D eigenvalue weighted by molar-refractivity contribution is 0.690. The van der Waals surface area contributed by atoms with Crippen molar-refractivity contribution in [1.29, 1.82) is 0 Å². The molecule has 0 fully saturated rings. The lowest BCUT2D eigenvalue weighted by atomic mass is 10.2. The first kappa shape index (κ1) is 10.2. The molecule has 0 saturated heterocycles. The van der Waals surface area contributed by atoms with Gasteiger partial charge in [-0.25, -0.2) is 0 Å². The molecule has 0 aliphatic carbocycles. The zero-order valence-electron chi connectivity index (χ0n) is 7.05. The van der Waals surface area contributed by atoms with Crippen molar-refractivity contribution in [2.24, 2.45) is 5.73 Å². The first-order chi connectivity index (χ1) is 5.83. The van der Waals surface area contributed by atoms with Crippen molar-refractivity contribution in [3.63, 3.8) is 0 Å². The molecule has 68 valence electrons. The molecule has 1 heterocycles. The topological polar surface area (TPSA) is 26.0 Å². The summed E-state index contributed by atoms with van der Waals surface area (Å²) in [6.07, 6.45) is 4.89. The van der Waals surface area contributed by atoms with Crippen LogP contribution in [0.5, 0.6) is 0 Å². The number of hydrogen-bond acceptors (Lipinski definition) is 2. The minimum atomic E-state index is 0.828. The molecule has 0 aromatic carbocycles. The lowest BCUT2D eigenvalue weighted by Gasteiger charge is -1.96. The van der Waals surface area contributed by atoms with E-state index in [2.05, 4.69) is 27.4 Å². The van der Waals surface area contributed by atoms with E-state index in [1.54, 1.807) is 0 Å². The van der Waals surface area contributed by atoms with Crippen LogP contribution in [0.25, 0.3) is 0 Å². The van der Waals surface area contributed by atoms with E-state index in [0.29, 0.717) is 0 Å². The molecule has 1 nitrogen and oxygen atoms in total. The molecule has 0 unspecified atom stereocenters. The second-order valence-electron chi connectivity index (χ2n) is 2.83. The van der Waals surface area contributed by atoms with Crippen LogP contribution in [0.1, 0.15) is 24.1 Å². The van der Waals surface area contributed by atoms with Crippen molar-refractivity contribution in [2.75, 3.05) is 6.54 Å². The number of unbranched alkanes of at least 4 members (excludes halogenated alkanes) is 2. The predicted molar refractivity (Wildman–Crippen MR) is 58.6 cm³/mol. The summed E-state index contributed by atoms with van der Waals surface area (Å²) in [6.45, 7) is 0.828. The van der Waals surface area contributed by atoms with E-state index in [1.165, 1.54) is 28.6 Å². The van der Waals surface area contributed by atoms with Gasteiger partial charge in [0.2, 0.25) is 0 Å². The van der Waals surface area contributed by atoms with Crippen LogP contribution in [0.2, 0.25) is 0 Å². The summed E-state index contributed by atoms with van der Waals surface area (Å²) < 4.78 is 1.21. The average molecular weight is 248 g/mol. The van der Waals surface area contributed by atoms with E-state index in [1.807, 2.05) is 11.3 Å². The van der Waals surface area contributed by atoms with Crippen molar-refractivity contribution in [1.82, 2.24) is 0 Å². The molecule has 3 heteroatoms. The summed E-state index contributed by atoms with van der Waals surface area (Å²) >= 11 is 5.27. The molecule has 1 aromatic heterocycles. The Morgan fingerprint density at radius 1 is 1.33 bits per heavy atom. The minimum absolute atomic E-state index is 0.828. The van der Waals surface area contributed by atoms with Gasteiger partial charge in [-0.1, -0.05) is 6.42 Å². The Morgan fingerprint density at radius 3 is 2.75 bits per heavy atom. The Balaban J connectivity index is 2.15. The van der Waals surface area contributed by atoms with Crippen LogP contribution < -0.4 is 5.73 Å². The Bertz CT molecular complexity index is 222. The lowest BCUT2D eigenvalue weighted by Crippen LogP contribution is -1.97. The molecule has 0 spiro atoms. The molecule has 0 bridgehead atoms. The largest absolute Gasteiger partial charge is 0.330 e. The number of rotatable bonds is 5. The van der Waals surface area contributed by atoms with Gasteiger partial charge >= 0.3 is 0 Å². The van der Waals surface area contributed by atoms with Crippen LogP contribution in [0.3, 0.4) is 0 Å². The van der Waals surface area contributed by atoms with Crippen LogP contribution >= 0.6 is 27.3 Å². The molecular formula is C9H14BrNS. The maximum atomic E-state index is 5.41. The summed E-state index contributed by atoms with van der Waals surface area (Å²) in [5.74, 6) is 0. The number of thiophene rings is 1. The molecule has 0 atom stereocenters. The second-order valence-corrected chi connectivity index (χ2v) is 4.74. The molecule has 0 radical (unpaired) electrons. The van der Waals surface area contributed by atoms with E-state index in [0.717, 1.165) is 13.0 Å².